The van der Waals surface area contributed by atoms with Crippen molar-refractivity contribution in [1.82, 2.24) is 4.90 Å². The normalized spacial score (nSPS) is 22.6. The van der Waals surface area contributed by atoms with Gasteiger partial charge in [0.1, 0.15) is 11.4 Å². The van der Waals surface area contributed by atoms with Crippen LogP contribution in [0.4, 0.5) is 8.78 Å². The molecule has 0 saturated carbocycles. The minimum Gasteiger partial charge on any atom is -0.385 e. The lowest BCUT2D eigenvalue weighted by Gasteiger charge is -2.38. The molecule has 2 rings (SSSR count). The number of piperidine rings is 1. The number of nitrogens with two attached hydrogens (primary N) is 1. The van der Waals surface area contributed by atoms with Crippen molar-refractivity contribution in [2.24, 2.45) is 5.73 Å². The Balaban J connectivity index is 2.20. The number of β-amino-alcohol motifs (C(OH)–C–C–N with tert-alkyl or cyclic N) is 1. The number of nitrogens with one attached hydrogen (secondary N) is 1. The van der Waals surface area contributed by atoms with Gasteiger partial charge in [0.05, 0.1) is 6.54 Å². The third-order valence-electron chi connectivity index (χ3n) is 3.43. The molecule has 5 nitrogen and oxygen atoms in total. The maximum Gasteiger partial charge on any atom is 0.254 e. The van der Waals surface area contributed by atoms with Crippen molar-refractivity contribution in [3.05, 3.63) is 35.4 Å². The Kier molecular flexibility index (Phi) is 3.71. The lowest BCUT2D eigenvalue weighted by Crippen LogP contribution is -2.56. The fraction of sp³-hybridized carbons (Fsp3) is 0.385. The summed E-state index contributed by atoms with van der Waals surface area (Å²) in [7, 11) is 0. The van der Waals surface area contributed by atoms with Crippen LogP contribution in [0.3, 0.4) is 0 Å². The lowest BCUT2D eigenvalue weighted by molar-refractivity contribution is 0.0201. The zero-order valence-electron chi connectivity index (χ0n) is 10.7. The predicted molar refractivity (Wildman–Crippen MR) is 68.4 cm³/mol. The molecule has 0 aromatic heterocycles. The molecule has 1 saturated heterocycles. The van der Waals surface area contributed by atoms with E-state index in [9.17, 15) is 18.7 Å². The molecule has 0 unspecified atom stereocenters. The summed E-state index contributed by atoms with van der Waals surface area (Å²) in [5.41, 5.74) is 3.78. The summed E-state index contributed by atoms with van der Waals surface area (Å²) in [5, 5.41) is 17.5. The topological polar surface area (TPSA) is 90.4 Å². The predicted octanol–water partition coefficient (Wildman–Crippen LogP) is 0.868. The van der Waals surface area contributed by atoms with Crippen LogP contribution in [-0.4, -0.2) is 40.4 Å². The highest BCUT2D eigenvalue weighted by molar-refractivity contribution is 5.95. The van der Waals surface area contributed by atoms with Gasteiger partial charge in [0, 0.05) is 12.1 Å². The van der Waals surface area contributed by atoms with Crippen LogP contribution in [0.15, 0.2) is 18.2 Å². The number of halogens is 2. The molecule has 4 N–H and O–H groups in total. The number of hydrogen-bond acceptors (Lipinski definition) is 3. The van der Waals surface area contributed by atoms with Crippen molar-refractivity contribution in [1.29, 1.82) is 5.41 Å². The molecule has 1 aromatic rings. The average Bonchev–Trinajstić information content (AvgIpc) is 2.41. The minimum atomic E-state index is -1.55. The van der Waals surface area contributed by atoms with E-state index in [-0.39, 0.29) is 12.1 Å². The van der Waals surface area contributed by atoms with Crippen molar-refractivity contribution in [3.63, 3.8) is 0 Å². The lowest BCUT2D eigenvalue weighted by atomic mass is 9.91. The van der Waals surface area contributed by atoms with Crippen molar-refractivity contribution in [3.8, 4) is 0 Å². The molecule has 0 aliphatic carbocycles. The Hall–Kier alpha value is -2.02. The summed E-state index contributed by atoms with van der Waals surface area (Å²) in [6, 6.07) is 2.88. The summed E-state index contributed by atoms with van der Waals surface area (Å²) in [4.78, 5) is 13.5. The largest absolute Gasteiger partial charge is 0.385 e. The highest BCUT2D eigenvalue weighted by Gasteiger charge is 2.38. The van der Waals surface area contributed by atoms with Crippen molar-refractivity contribution in [2.45, 2.75) is 18.4 Å². The molecule has 108 valence electrons. The number of benzene rings is 1. The second-order valence-corrected chi connectivity index (χ2v) is 4.90. The number of rotatable bonds is 2. The molecule has 1 aliphatic heterocycles. The van der Waals surface area contributed by atoms with E-state index in [2.05, 4.69) is 0 Å². The molecule has 7 heteroatoms. The first-order chi connectivity index (χ1) is 9.33. The smallest absolute Gasteiger partial charge is 0.254 e. The van der Waals surface area contributed by atoms with E-state index in [0.717, 1.165) is 12.1 Å². The van der Waals surface area contributed by atoms with Gasteiger partial charge in [-0.05, 0) is 31.0 Å². The average molecular weight is 283 g/mol. The van der Waals surface area contributed by atoms with Gasteiger partial charge in [-0.15, -0.1) is 0 Å². The maximum absolute atomic E-state index is 13.1. The summed E-state index contributed by atoms with van der Waals surface area (Å²) >= 11 is 0. The molecular weight excluding hydrogens is 268 g/mol. The van der Waals surface area contributed by atoms with E-state index in [1.54, 1.807) is 0 Å². The number of carbonyl (C=O) groups excluding carboxylic acids is 1. The second kappa shape index (κ2) is 5.16. The molecule has 20 heavy (non-hydrogen) atoms. The molecule has 1 aliphatic rings. The number of amides is 1. The molecule has 1 heterocycles. The maximum atomic E-state index is 13.1. The molecule has 1 fully saturated rings. The third-order valence-corrected chi connectivity index (χ3v) is 3.43. The van der Waals surface area contributed by atoms with Gasteiger partial charge >= 0.3 is 0 Å². The van der Waals surface area contributed by atoms with Gasteiger partial charge in [-0.25, -0.2) is 8.78 Å². The van der Waals surface area contributed by atoms with Crippen LogP contribution < -0.4 is 5.73 Å². The standard InChI is InChI=1S/C13H15F2N3O2/c14-9-3-2-8(6-10(9)15)11(19)18-5-1-4-13(20,7-18)12(16)17/h2-3,6,20H,1,4-5,7H2,(H3,16,17)/t13-/m0/s1. The van der Waals surface area contributed by atoms with E-state index in [0.29, 0.717) is 19.4 Å². The SMILES string of the molecule is N=C(N)[C@]1(O)CCCN(C(=O)c2ccc(F)c(F)c2)C1. The van der Waals surface area contributed by atoms with Crippen molar-refractivity contribution in [2.75, 3.05) is 13.1 Å². The summed E-state index contributed by atoms with van der Waals surface area (Å²) in [6.45, 7) is 0.244. The zero-order chi connectivity index (χ0) is 14.9. The molecule has 1 aromatic carbocycles. The Labute approximate surface area is 114 Å². The number of amidine groups is 1. The number of nitrogens with zero attached hydrogens (tertiary/aromatic N) is 1. The van der Waals surface area contributed by atoms with Gasteiger partial charge in [0.25, 0.3) is 5.91 Å². The van der Waals surface area contributed by atoms with E-state index in [4.69, 9.17) is 11.1 Å². The highest BCUT2D eigenvalue weighted by Crippen LogP contribution is 2.23. The monoisotopic (exact) mass is 283 g/mol. The Morgan fingerprint density at radius 1 is 1.40 bits per heavy atom. The first-order valence-corrected chi connectivity index (χ1v) is 6.15. The van der Waals surface area contributed by atoms with Gasteiger partial charge in [0.15, 0.2) is 11.6 Å². The van der Waals surface area contributed by atoms with Gasteiger partial charge < -0.3 is 15.7 Å². The van der Waals surface area contributed by atoms with Crippen LogP contribution in [0.2, 0.25) is 0 Å². The first kappa shape index (κ1) is 14.4. The third kappa shape index (κ3) is 2.62. The molecule has 1 atom stereocenters. The quantitative estimate of drug-likeness (QED) is 0.555. The second-order valence-electron chi connectivity index (χ2n) is 4.90. The summed E-state index contributed by atoms with van der Waals surface area (Å²) < 4.78 is 26.0. The zero-order valence-corrected chi connectivity index (χ0v) is 10.7. The van der Waals surface area contributed by atoms with E-state index in [1.807, 2.05) is 0 Å². The van der Waals surface area contributed by atoms with Gasteiger partial charge in [-0.2, -0.15) is 0 Å². The number of likely N-dealkylation sites (tertiary alicyclic amines) is 1. The number of aliphatic hydroxyl groups is 1. The minimum absolute atomic E-state index is 0.00305. The fourth-order valence-corrected chi connectivity index (χ4v) is 2.24. The Morgan fingerprint density at radius 2 is 2.10 bits per heavy atom. The summed E-state index contributed by atoms with van der Waals surface area (Å²) in [6.07, 6.45) is 0.773. The van der Waals surface area contributed by atoms with Crippen LogP contribution in [-0.2, 0) is 0 Å². The van der Waals surface area contributed by atoms with Crippen molar-refractivity contribution < 1.29 is 18.7 Å². The summed E-state index contributed by atoms with van der Waals surface area (Å²) in [5.74, 6) is -3.06. The van der Waals surface area contributed by atoms with E-state index < -0.39 is 29.0 Å². The highest BCUT2D eigenvalue weighted by atomic mass is 19.2. The van der Waals surface area contributed by atoms with E-state index >= 15 is 0 Å². The fourth-order valence-electron chi connectivity index (χ4n) is 2.24. The number of carbonyl (C=O) groups is 1. The van der Waals surface area contributed by atoms with Crippen LogP contribution >= 0.6 is 0 Å². The van der Waals surface area contributed by atoms with Crippen molar-refractivity contribution >= 4 is 11.7 Å². The van der Waals surface area contributed by atoms with Gasteiger partial charge in [-0.1, -0.05) is 0 Å². The van der Waals surface area contributed by atoms with Crippen LogP contribution in [0.5, 0.6) is 0 Å². The molecular formula is C13H15F2N3O2. The number of hydrogen-bond donors (Lipinski definition) is 3. The molecule has 0 spiro atoms. The van der Waals surface area contributed by atoms with E-state index in [1.165, 1.54) is 11.0 Å². The van der Waals surface area contributed by atoms with Gasteiger partial charge in [-0.3, -0.25) is 10.2 Å². The van der Waals surface area contributed by atoms with Crippen LogP contribution in [0.25, 0.3) is 0 Å². The molecule has 0 radical (unpaired) electrons. The van der Waals surface area contributed by atoms with Gasteiger partial charge in [0.2, 0.25) is 0 Å². The van der Waals surface area contributed by atoms with Crippen LogP contribution in [0.1, 0.15) is 23.2 Å². The molecule has 0 bridgehead atoms. The first-order valence-electron chi connectivity index (χ1n) is 6.15. The molecule has 1 amide bonds. The van der Waals surface area contributed by atoms with Crippen LogP contribution in [0, 0.1) is 17.0 Å². The Morgan fingerprint density at radius 3 is 2.70 bits per heavy atom. The Bertz CT molecular complexity index is 565.